The van der Waals surface area contributed by atoms with Gasteiger partial charge in [-0.15, -0.1) is 0 Å². The van der Waals surface area contributed by atoms with Crippen molar-refractivity contribution in [1.82, 2.24) is 4.57 Å². The first kappa shape index (κ1) is 32.1. The van der Waals surface area contributed by atoms with Crippen molar-refractivity contribution in [2.75, 3.05) is 35.5 Å². The molecule has 0 N–H and O–H groups in total. The Kier molecular flexibility index (Phi) is 9.73. The van der Waals surface area contributed by atoms with Crippen LogP contribution in [-0.2, 0) is 19.4 Å². The second-order valence-electron chi connectivity index (χ2n) is 11.2. The number of aromatic nitrogens is 1. The van der Waals surface area contributed by atoms with Gasteiger partial charge in [0.2, 0.25) is 0 Å². The molecule has 0 aliphatic rings. The summed E-state index contributed by atoms with van der Waals surface area (Å²) in [5.74, 6) is 4.08. The Balaban J connectivity index is 1.66. The number of rotatable bonds is 12. The highest BCUT2D eigenvalue weighted by Gasteiger charge is 2.26. The minimum absolute atomic E-state index is 0.708. The second-order valence-corrected chi connectivity index (χ2v) is 12.1. The molecule has 0 spiro atoms. The molecule has 240 valence electrons. The number of hydrogen-bond acceptors (Lipinski definition) is 5. The van der Waals surface area contributed by atoms with E-state index in [1.807, 2.05) is 48.5 Å². The third-order valence-corrected chi connectivity index (χ3v) is 9.27. The summed E-state index contributed by atoms with van der Waals surface area (Å²) in [6.07, 6.45) is 1.53. The number of fused-ring (bicyclic) bond motifs is 1. The van der Waals surface area contributed by atoms with E-state index < -0.39 is 0 Å². The van der Waals surface area contributed by atoms with Crippen molar-refractivity contribution >= 4 is 26.8 Å². The van der Waals surface area contributed by atoms with E-state index in [2.05, 4.69) is 75.1 Å². The van der Waals surface area contributed by atoms with Crippen LogP contribution >= 0.6 is 15.9 Å². The Morgan fingerprint density at radius 3 is 1.45 bits per heavy atom. The molecule has 0 radical (unpaired) electrons. The average Bonchev–Trinajstić information content (AvgIpc) is 3.44. The number of methoxy groups -OCH3 is 5. The smallest absolute Gasteiger partial charge is 0.129 e. The van der Waals surface area contributed by atoms with Crippen molar-refractivity contribution in [3.05, 3.63) is 124 Å². The van der Waals surface area contributed by atoms with Gasteiger partial charge in [-0.1, -0.05) is 48.5 Å². The third kappa shape index (κ3) is 6.54. The van der Waals surface area contributed by atoms with Crippen molar-refractivity contribution in [2.45, 2.75) is 19.4 Å². The van der Waals surface area contributed by atoms with Crippen LogP contribution in [0.1, 0.15) is 16.8 Å². The first-order valence-electron chi connectivity index (χ1n) is 15.4. The fourth-order valence-electron chi connectivity index (χ4n) is 6.20. The number of benzene rings is 5. The summed E-state index contributed by atoms with van der Waals surface area (Å²) >= 11 is 3.99. The Morgan fingerprint density at radius 2 is 0.979 bits per heavy atom. The normalized spacial score (nSPS) is 11.0. The predicted molar refractivity (Wildman–Crippen MR) is 193 cm³/mol. The molecule has 0 unspecified atom stereocenters. The van der Waals surface area contributed by atoms with Crippen LogP contribution in [0.3, 0.4) is 0 Å². The van der Waals surface area contributed by atoms with Crippen molar-refractivity contribution in [2.24, 2.45) is 0 Å². The van der Waals surface area contributed by atoms with Crippen LogP contribution in [0.4, 0.5) is 0 Å². The maximum Gasteiger partial charge on any atom is 0.129 e. The van der Waals surface area contributed by atoms with Crippen LogP contribution in [0.2, 0.25) is 0 Å². The van der Waals surface area contributed by atoms with Crippen LogP contribution in [0.5, 0.6) is 28.7 Å². The molecule has 0 amide bonds. The number of hydrogen-bond donors (Lipinski definition) is 0. The lowest BCUT2D eigenvalue weighted by atomic mass is 9.95. The zero-order valence-corrected chi connectivity index (χ0v) is 28.9. The fraction of sp³-hybridized carbons (Fsp3) is 0.200. The maximum absolute atomic E-state index is 6.10. The van der Waals surface area contributed by atoms with E-state index in [1.54, 1.807) is 35.5 Å². The monoisotopic (exact) mass is 691 g/mol. The van der Waals surface area contributed by atoms with Gasteiger partial charge in [0.1, 0.15) is 28.7 Å². The standard InChI is InChI=1S/C40H38BrNO5/c1-43-30-14-6-26(7-15-30)22-23-42-35(24-27-8-16-31(44-2)17-9-27)37(28-10-18-32(45-3)19-11-28)39-34(41)25-36(47-5)38(40(39)42)29-12-20-33(46-4)21-13-29/h6-21,25H,22-24H2,1-5H3. The highest BCUT2D eigenvalue weighted by atomic mass is 79.9. The van der Waals surface area contributed by atoms with Gasteiger partial charge in [-0.2, -0.15) is 0 Å². The van der Waals surface area contributed by atoms with E-state index in [4.69, 9.17) is 23.7 Å². The molecule has 1 heterocycles. The zero-order valence-electron chi connectivity index (χ0n) is 27.3. The number of ether oxygens (including phenoxy) is 5. The number of aryl methyl sites for hydroxylation is 2. The molecule has 1 aromatic heterocycles. The number of halogens is 1. The average molecular weight is 693 g/mol. The molecule has 6 aromatic rings. The maximum atomic E-state index is 6.10. The van der Waals surface area contributed by atoms with Crippen LogP contribution in [0.15, 0.2) is 108 Å². The van der Waals surface area contributed by atoms with Gasteiger partial charge in [0.15, 0.2) is 0 Å². The third-order valence-electron chi connectivity index (χ3n) is 8.64. The van der Waals surface area contributed by atoms with E-state index in [0.717, 1.165) is 79.3 Å². The lowest BCUT2D eigenvalue weighted by Gasteiger charge is -2.17. The largest absolute Gasteiger partial charge is 0.497 e. The van der Waals surface area contributed by atoms with E-state index in [0.29, 0.717) is 6.42 Å². The molecule has 6 rings (SSSR count). The Bertz CT molecular complexity index is 1960. The van der Waals surface area contributed by atoms with Crippen LogP contribution < -0.4 is 23.7 Å². The highest BCUT2D eigenvalue weighted by Crippen LogP contribution is 2.48. The second kappa shape index (κ2) is 14.3. The van der Waals surface area contributed by atoms with Crippen LogP contribution in [0.25, 0.3) is 33.2 Å². The summed E-state index contributed by atoms with van der Waals surface area (Å²) < 4.78 is 31.5. The molecular formula is C40H38BrNO5. The molecule has 6 nitrogen and oxygen atoms in total. The Labute approximate surface area is 284 Å². The van der Waals surface area contributed by atoms with E-state index >= 15 is 0 Å². The number of nitrogens with zero attached hydrogens (tertiary/aromatic N) is 1. The van der Waals surface area contributed by atoms with Crippen LogP contribution in [-0.4, -0.2) is 40.1 Å². The molecule has 0 aliphatic heterocycles. The van der Waals surface area contributed by atoms with Gasteiger partial charge in [-0.05, 0) is 99.2 Å². The first-order chi connectivity index (χ1) is 23.0. The highest BCUT2D eigenvalue weighted by molar-refractivity contribution is 9.10. The van der Waals surface area contributed by atoms with Crippen molar-refractivity contribution in [3.63, 3.8) is 0 Å². The lowest BCUT2D eigenvalue weighted by molar-refractivity contribution is 0.414. The van der Waals surface area contributed by atoms with E-state index in [1.165, 1.54) is 16.8 Å². The summed E-state index contributed by atoms with van der Waals surface area (Å²) in [6, 6.07) is 35.2. The summed E-state index contributed by atoms with van der Waals surface area (Å²) in [4.78, 5) is 0. The fourth-order valence-corrected chi connectivity index (χ4v) is 6.80. The molecule has 0 atom stereocenters. The van der Waals surface area contributed by atoms with Gasteiger partial charge in [-0.25, -0.2) is 0 Å². The minimum atomic E-state index is 0.708. The Morgan fingerprint density at radius 1 is 0.532 bits per heavy atom. The molecule has 0 saturated heterocycles. The molecular weight excluding hydrogens is 654 g/mol. The molecule has 47 heavy (non-hydrogen) atoms. The Hall–Kier alpha value is -4.88. The molecule has 5 aromatic carbocycles. The van der Waals surface area contributed by atoms with Crippen molar-refractivity contribution in [1.29, 1.82) is 0 Å². The summed E-state index contributed by atoms with van der Waals surface area (Å²) in [5.41, 5.74) is 9.05. The molecule has 0 fully saturated rings. The van der Waals surface area contributed by atoms with E-state index in [9.17, 15) is 0 Å². The summed E-state index contributed by atoms with van der Waals surface area (Å²) in [6.45, 7) is 0.743. The minimum Gasteiger partial charge on any atom is -0.497 e. The first-order valence-corrected chi connectivity index (χ1v) is 16.2. The van der Waals surface area contributed by atoms with Crippen molar-refractivity contribution in [3.8, 4) is 51.0 Å². The topological polar surface area (TPSA) is 51.1 Å². The van der Waals surface area contributed by atoms with E-state index in [-0.39, 0.29) is 0 Å². The molecule has 0 aliphatic carbocycles. The zero-order chi connectivity index (χ0) is 32.9. The summed E-state index contributed by atoms with van der Waals surface area (Å²) in [7, 11) is 8.50. The van der Waals surface area contributed by atoms with Gasteiger partial charge >= 0.3 is 0 Å². The van der Waals surface area contributed by atoms with Crippen LogP contribution in [0, 0.1) is 0 Å². The summed E-state index contributed by atoms with van der Waals surface area (Å²) in [5, 5.41) is 1.13. The lowest BCUT2D eigenvalue weighted by Crippen LogP contribution is -2.08. The van der Waals surface area contributed by atoms with Gasteiger partial charge in [0, 0.05) is 39.6 Å². The molecule has 0 saturated carbocycles. The van der Waals surface area contributed by atoms with Gasteiger partial charge < -0.3 is 28.3 Å². The molecule has 0 bridgehead atoms. The van der Waals surface area contributed by atoms with Gasteiger partial charge in [-0.3, -0.25) is 0 Å². The van der Waals surface area contributed by atoms with Gasteiger partial charge in [0.05, 0.1) is 41.1 Å². The predicted octanol–water partition coefficient (Wildman–Crippen LogP) is 9.61. The quantitative estimate of drug-likeness (QED) is 0.128. The molecule has 7 heteroatoms. The van der Waals surface area contributed by atoms with Gasteiger partial charge in [0.25, 0.3) is 0 Å². The van der Waals surface area contributed by atoms with Crippen molar-refractivity contribution < 1.29 is 23.7 Å². The SMILES string of the molecule is COc1ccc(CCn2c(Cc3ccc(OC)cc3)c(-c3ccc(OC)cc3)c3c(Br)cc(OC)c(-c4ccc(OC)cc4)c32)cc1.